The highest BCUT2D eigenvalue weighted by atomic mass is 16.5. The molecule has 4 aromatic rings. The van der Waals surface area contributed by atoms with Crippen LogP contribution in [0.4, 0.5) is 10.5 Å². The molecule has 4 N–H and O–H groups in total. The number of carbonyl (C=O) groups is 2. The van der Waals surface area contributed by atoms with Crippen LogP contribution in [0.1, 0.15) is 106 Å². The standard InChI is InChI=1S/C39H49N5O3/c1-25(2)28-12-11-13-29(26(3)4)35(28)43-37(46)44-39(20-17-33-31(23-39)30-22-27(47-5)15-16-32(30)42-33)36(45)41-24-38(18-8-6-9-19-38)34-14-7-10-21-40-34/h7,10-16,21-22,25-26,42H,6,8-9,17-20,23-24H2,1-5H3,(H,41,45)(H2,43,44,46). The van der Waals surface area contributed by atoms with Crippen molar-refractivity contribution in [2.75, 3.05) is 19.0 Å². The van der Waals surface area contributed by atoms with Crippen LogP contribution in [0.3, 0.4) is 0 Å². The largest absolute Gasteiger partial charge is 0.497 e. The second kappa shape index (κ2) is 13.4. The van der Waals surface area contributed by atoms with Gasteiger partial charge in [0.1, 0.15) is 11.3 Å². The van der Waals surface area contributed by atoms with Gasteiger partial charge in [0.05, 0.1) is 7.11 Å². The fraction of sp³-hybridized carbons (Fsp3) is 0.462. The van der Waals surface area contributed by atoms with Crippen LogP contribution in [0.2, 0.25) is 0 Å². The zero-order chi connectivity index (χ0) is 33.2. The number of fused-ring (bicyclic) bond motifs is 3. The highest BCUT2D eigenvalue weighted by Crippen LogP contribution is 2.40. The first-order valence-electron chi connectivity index (χ1n) is 17.2. The number of ether oxygens (including phenoxy) is 1. The normalized spacial score (nSPS) is 19.0. The van der Waals surface area contributed by atoms with E-state index in [4.69, 9.17) is 9.72 Å². The van der Waals surface area contributed by atoms with Gasteiger partial charge in [0.15, 0.2) is 0 Å². The van der Waals surface area contributed by atoms with E-state index < -0.39 is 5.54 Å². The lowest BCUT2D eigenvalue weighted by atomic mass is 9.71. The summed E-state index contributed by atoms with van der Waals surface area (Å²) in [5, 5.41) is 10.9. The summed E-state index contributed by atoms with van der Waals surface area (Å²) in [7, 11) is 1.66. The number of amides is 3. The molecule has 2 heterocycles. The zero-order valence-corrected chi connectivity index (χ0v) is 28.5. The third kappa shape index (κ3) is 6.47. The Balaban J connectivity index is 1.34. The quantitative estimate of drug-likeness (QED) is 0.150. The van der Waals surface area contributed by atoms with Gasteiger partial charge in [0.2, 0.25) is 5.91 Å². The number of rotatable bonds is 9. The minimum absolute atomic E-state index is 0.155. The molecular formula is C39H49N5O3. The molecule has 3 amide bonds. The number of urea groups is 1. The Kier molecular flexibility index (Phi) is 9.31. The van der Waals surface area contributed by atoms with Crippen molar-refractivity contribution in [3.8, 4) is 5.75 Å². The van der Waals surface area contributed by atoms with Crippen LogP contribution in [0, 0.1) is 0 Å². The van der Waals surface area contributed by atoms with E-state index in [-0.39, 0.29) is 29.2 Å². The van der Waals surface area contributed by atoms with E-state index in [2.05, 4.69) is 72.9 Å². The van der Waals surface area contributed by atoms with Gasteiger partial charge in [0.25, 0.3) is 0 Å². The summed E-state index contributed by atoms with van der Waals surface area (Å²) in [5.74, 6) is 1.04. The second-order valence-electron chi connectivity index (χ2n) is 14.2. The number of benzene rings is 2. The molecule has 0 bridgehead atoms. The third-order valence-corrected chi connectivity index (χ3v) is 10.5. The molecule has 1 unspecified atom stereocenters. The van der Waals surface area contributed by atoms with Crippen molar-refractivity contribution in [3.63, 3.8) is 0 Å². The number of hydrogen-bond donors (Lipinski definition) is 4. The molecule has 0 aliphatic heterocycles. The van der Waals surface area contributed by atoms with Crippen molar-refractivity contribution in [2.45, 2.75) is 102 Å². The van der Waals surface area contributed by atoms with E-state index in [1.54, 1.807) is 7.11 Å². The molecule has 1 saturated carbocycles. The van der Waals surface area contributed by atoms with Crippen LogP contribution < -0.4 is 20.7 Å². The summed E-state index contributed by atoms with van der Waals surface area (Å²) in [6, 6.07) is 17.9. The van der Waals surface area contributed by atoms with Gasteiger partial charge in [-0.05, 0) is 84.5 Å². The number of anilines is 1. The molecule has 248 valence electrons. The van der Waals surface area contributed by atoms with E-state index in [9.17, 15) is 9.59 Å². The monoisotopic (exact) mass is 635 g/mol. The first kappa shape index (κ1) is 32.6. The zero-order valence-electron chi connectivity index (χ0n) is 28.5. The number of nitrogens with one attached hydrogen (secondary N) is 4. The molecule has 2 aromatic carbocycles. The Hall–Kier alpha value is -4.33. The number of aromatic nitrogens is 2. The minimum Gasteiger partial charge on any atom is -0.497 e. The lowest BCUT2D eigenvalue weighted by Gasteiger charge is -2.40. The van der Waals surface area contributed by atoms with E-state index in [1.165, 1.54) is 6.42 Å². The number of para-hydroxylation sites is 1. The Morgan fingerprint density at radius 3 is 2.34 bits per heavy atom. The average Bonchev–Trinajstić information content (AvgIpc) is 3.44. The number of aryl methyl sites for hydroxylation is 1. The number of hydrogen-bond acceptors (Lipinski definition) is 4. The molecule has 2 aliphatic carbocycles. The average molecular weight is 636 g/mol. The smallest absolute Gasteiger partial charge is 0.320 e. The number of carbonyl (C=O) groups excluding carboxylic acids is 2. The van der Waals surface area contributed by atoms with E-state index >= 15 is 0 Å². The molecule has 2 aliphatic rings. The molecule has 8 heteroatoms. The van der Waals surface area contributed by atoms with E-state index in [1.807, 2.05) is 36.5 Å². The fourth-order valence-electron chi connectivity index (χ4n) is 7.82. The van der Waals surface area contributed by atoms with Gasteiger partial charge in [0, 0.05) is 52.6 Å². The van der Waals surface area contributed by atoms with Crippen LogP contribution in [0.15, 0.2) is 60.8 Å². The minimum atomic E-state index is -1.15. The molecule has 0 spiro atoms. The predicted molar refractivity (Wildman–Crippen MR) is 188 cm³/mol. The van der Waals surface area contributed by atoms with Gasteiger partial charge in [-0.2, -0.15) is 0 Å². The van der Waals surface area contributed by atoms with Crippen molar-refractivity contribution >= 4 is 28.5 Å². The van der Waals surface area contributed by atoms with Crippen LogP contribution in [-0.4, -0.2) is 41.1 Å². The molecule has 1 atom stereocenters. The van der Waals surface area contributed by atoms with Crippen molar-refractivity contribution in [3.05, 3.63) is 88.9 Å². The van der Waals surface area contributed by atoms with Gasteiger partial charge in [-0.15, -0.1) is 0 Å². The summed E-state index contributed by atoms with van der Waals surface area (Å²) >= 11 is 0. The van der Waals surface area contributed by atoms with Crippen molar-refractivity contribution in [1.82, 2.24) is 20.6 Å². The number of nitrogens with zero attached hydrogens (tertiary/aromatic N) is 1. The molecule has 2 aromatic heterocycles. The van der Waals surface area contributed by atoms with Gasteiger partial charge in [-0.3, -0.25) is 9.78 Å². The predicted octanol–water partition coefficient (Wildman–Crippen LogP) is 7.89. The maximum Gasteiger partial charge on any atom is 0.320 e. The lowest BCUT2D eigenvalue weighted by molar-refractivity contribution is -0.128. The molecule has 0 saturated heterocycles. The summed E-state index contributed by atoms with van der Waals surface area (Å²) in [6.45, 7) is 9.01. The molecule has 47 heavy (non-hydrogen) atoms. The summed E-state index contributed by atoms with van der Waals surface area (Å²) in [4.78, 5) is 37.1. The van der Waals surface area contributed by atoms with Crippen molar-refractivity contribution < 1.29 is 14.3 Å². The van der Waals surface area contributed by atoms with E-state index in [0.717, 1.165) is 76.1 Å². The highest BCUT2D eigenvalue weighted by Gasteiger charge is 2.45. The number of pyridine rings is 1. The first-order chi connectivity index (χ1) is 22.6. The fourth-order valence-corrected chi connectivity index (χ4v) is 7.82. The molecule has 8 nitrogen and oxygen atoms in total. The maximum atomic E-state index is 14.7. The topological polar surface area (TPSA) is 108 Å². The molecule has 6 rings (SSSR count). The Bertz CT molecular complexity index is 1710. The molecule has 1 fully saturated rings. The molecule has 0 radical (unpaired) electrons. The SMILES string of the molecule is COc1ccc2[nH]c3c(c2c1)CC(NC(=O)Nc1c(C(C)C)cccc1C(C)C)(C(=O)NCC1(c2ccccn2)CCCCC1)CC3. The highest BCUT2D eigenvalue weighted by molar-refractivity contribution is 5.98. The van der Waals surface area contributed by atoms with E-state index in [0.29, 0.717) is 25.8 Å². The third-order valence-electron chi connectivity index (χ3n) is 10.5. The Labute approximate surface area is 278 Å². The van der Waals surface area contributed by atoms with Crippen LogP contribution >= 0.6 is 0 Å². The van der Waals surface area contributed by atoms with Crippen molar-refractivity contribution in [2.24, 2.45) is 0 Å². The Morgan fingerprint density at radius 1 is 0.936 bits per heavy atom. The summed E-state index contributed by atoms with van der Waals surface area (Å²) in [5.41, 5.74) is 5.78. The summed E-state index contributed by atoms with van der Waals surface area (Å²) < 4.78 is 5.55. The maximum absolute atomic E-state index is 14.7. The van der Waals surface area contributed by atoms with Crippen molar-refractivity contribution in [1.29, 1.82) is 0 Å². The van der Waals surface area contributed by atoms with Gasteiger partial charge < -0.3 is 25.7 Å². The van der Waals surface area contributed by atoms with Crippen LogP contribution in [0.5, 0.6) is 5.75 Å². The summed E-state index contributed by atoms with van der Waals surface area (Å²) in [6.07, 6.45) is 8.66. The Morgan fingerprint density at radius 2 is 1.68 bits per heavy atom. The van der Waals surface area contributed by atoms with Gasteiger partial charge in [-0.25, -0.2) is 4.79 Å². The lowest BCUT2D eigenvalue weighted by Crippen LogP contribution is -2.63. The number of H-pyrrole nitrogens is 1. The number of methoxy groups -OCH3 is 1. The first-order valence-corrected chi connectivity index (χ1v) is 17.2. The van der Waals surface area contributed by atoms with Gasteiger partial charge >= 0.3 is 6.03 Å². The van der Waals surface area contributed by atoms with Gasteiger partial charge in [-0.1, -0.05) is 71.2 Å². The van der Waals surface area contributed by atoms with Crippen LogP contribution in [-0.2, 0) is 23.1 Å². The second-order valence-corrected chi connectivity index (χ2v) is 14.2. The molecular weight excluding hydrogens is 586 g/mol. The van der Waals surface area contributed by atoms with Crippen LogP contribution in [0.25, 0.3) is 10.9 Å². The number of aromatic amines is 1.